The molecule has 178 valence electrons. The molecule has 1 unspecified atom stereocenters. The first-order chi connectivity index (χ1) is 18.8. The Balaban J connectivity index is 1.15. The van der Waals surface area contributed by atoms with Crippen LogP contribution in [-0.2, 0) is 0 Å². The summed E-state index contributed by atoms with van der Waals surface area (Å²) in [5.41, 5.74) is 11.7. The smallest absolute Gasteiger partial charge is 0.0695 e. The van der Waals surface area contributed by atoms with Crippen LogP contribution in [0.1, 0.15) is 11.6 Å². The highest BCUT2D eigenvalue weighted by molar-refractivity contribution is 6.18. The number of rotatable bonds is 3. The van der Waals surface area contributed by atoms with Gasteiger partial charge < -0.3 is 5.32 Å². The molecule has 1 atom stereocenters. The van der Waals surface area contributed by atoms with Crippen molar-refractivity contribution in [2.24, 2.45) is 0 Å². The fourth-order valence-corrected chi connectivity index (χ4v) is 6.19. The number of hydrogen-bond donors (Lipinski definition) is 1. The van der Waals surface area contributed by atoms with Crippen molar-refractivity contribution in [1.29, 1.82) is 0 Å². The van der Waals surface area contributed by atoms with Crippen molar-refractivity contribution in [3.63, 3.8) is 0 Å². The van der Waals surface area contributed by atoms with E-state index in [4.69, 9.17) is 0 Å². The summed E-state index contributed by atoms with van der Waals surface area (Å²) in [6, 6.07) is 42.9. The Morgan fingerprint density at radius 1 is 0.474 bits per heavy atom. The Hall–Kier alpha value is -4.88. The maximum atomic E-state index is 3.41. The molecule has 1 heterocycles. The van der Waals surface area contributed by atoms with E-state index >= 15 is 0 Å². The maximum Gasteiger partial charge on any atom is 0.0695 e. The van der Waals surface area contributed by atoms with Crippen LogP contribution in [0.3, 0.4) is 0 Å². The lowest BCUT2D eigenvalue weighted by Gasteiger charge is -2.17. The molecule has 38 heavy (non-hydrogen) atoms. The lowest BCUT2D eigenvalue weighted by atomic mass is 9.93. The molecule has 6 aromatic carbocycles. The summed E-state index contributed by atoms with van der Waals surface area (Å²) in [7, 11) is 0. The molecule has 0 spiro atoms. The lowest BCUT2D eigenvalue weighted by Crippen LogP contribution is -2.14. The first kappa shape index (κ1) is 21.2. The third-order valence-electron chi connectivity index (χ3n) is 8.09. The molecule has 0 fully saturated rings. The Morgan fingerprint density at radius 3 is 1.97 bits per heavy atom. The van der Waals surface area contributed by atoms with Crippen molar-refractivity contribution in [3.05, 3.63) is 145 Å². The number of allylic oxidation sites excluding steroid dienone is 2. The molecule has 0 saturated heterocycles. The lowest BCUT2D eigenvalue weighted by molar-refractivity contribution is 0.747. The van der Waals surface area contributed by atoms with E-state index in [0.29, 0.717) is 0 Å². The van der Waals surface area contributed by atoms with Gasteiger partial charge in [-0.05, 0) is 96.0 Å². The van der Waals surface area contributed by atoms with Crippen LogP contribution in [0.2, 0.25) is 0 Å². The van der Waals surface area contributed by atoms with Crippen LogP contribution in [0.25, 0.3) is 66.1 Å². The highest BCUT2D eigenvalue weighted by Crippen LogP contribution is 2.49. The van der Waals surface area contributed by atoms with E-state index in [2.05, 4.69) is 133 Å². The van der Waals surface area contributed by atoms with Crippen molar-refractivity contribution >= 4 is 21.5 Å². The molecule has 0 radical (unpaired) electrons. The van der Waals surface area contributed by atoms with Crippen LogP contribution in [0.15, 0.2) is 140 Å². The highest BCUT2D eigenvalue weighted by atomic mass is 14.9. The fraction of sp³-hybridized carbons (Fsp3) is 0.0270. The van der Waals surface area contributed by atoms with Gasteiger partial charge in [0.2, 0.25) is 0 Å². The van der Waals surface area contributed by atoms with Crippen molar-refractivity contribution in [2.45, 2.75) is 6.04 Å². The molecule has 1 heteroatoms. The van der Waals surface area contributed by atoms with Crippen LogP contribution in [0.5, 0.6) is 0 Å². The highest BCUT2D eigenvalue weighted by Gasteiger charge is 2.22. The zero-order chi connectivity index (χ0) is 25.1. The normalized spacial score (nSPS) is 15.1. The molecule has 1 nitrogen and oxygen atoms in total. The summed E-state index contributed by atoms with van der Waals surface area (Å²) >= 11 is 0. The zero-order valence-corrected chi connectivity index (χ0v) is 20.9. The molecule has 1 N–H and O–H groups in total. The Labute approximate surface area is 222 Å². The average molecular weight is 484 g/mol. The number of benzene rings is 6. The third kappa shape index (κ3) is 3.26. The van der Waals surface area contributed by atoms with Crippen LogP contribution < -0.4 is 5.32 Å². The predicted molar refractivity (Wildman–Crippen MR) is 161 cm³/mol. The standard InChI is InChI=1S/C37H25N/c1-2-7-32-31(6-1)34-9-5-8-33-30(19-20-35(32)37(33)34)25-13-11-24(12-14-25)26-15-16-28-23-29(18-17-27(28)22-26)36-10-3-4-21-38-36/h1-23,36,38H. The topological polar surface area (TPSA) is 12.0 Å². The Bertz CT molecular complexity index is 1910. The van der Waals surface area contributed by atoms with Crippen molar-refractivity contribution < 1.29 is 0 Å². The van der Waals surface area contributed by atoms with Gasteiger partial charge in [-0.25, -0.2) is 0 Å². The van der Waals surface area contributed by atoms with Gasteiger partial charge in [0.05, 0.1) is 6.04 Å². The minimum absolute atomic E-state index is 0.233. The van der Waals surface area contributed by atoms with Gasteiger partial charge in [-0.1, -0.05) is 115 Å². The third-order valence-corrected chi connectivity index (χ3v) is 8.09. The molecule has 8 rings (SSSR count). The number of dihydropyridines is 1. The molecule has 0 bridgehead atoms. The predicted octanol–water partition coefficient (Wildman–Crippen LogP) is 9.69. The molecule has 1 aliphatic carbocycles. The molecule has 6 aromatic rings. The maximum absolute atomic E-state index is 3.41. The Morgan fingerprint density at radius 2 is 1.16 bits per heavy atom. The SMILES string of the molecule is C1=CNC(c2ccc3cc(-c4ccc(-c5ccc6c7c(cccc57)-c5ccccc5-6)cc4)ccc3c2)C=C1. The van der Waals surface area contributed by atoms with Crippen LogP contribution in [0, 0.1) is 0 Å². The first-order valence-electron chi connectivity index (χ1n) is 13.2. The second-order valence-corrected chi connectivity index (χ2v) is 10.2. The van der Waals surface area contributed by atoms with Crippen molar-refractivity contribution in [2.75, 3.05) is 0 Å². The van der Waals surface area contributed by atoms with E-state index in [1.807, 2.05) is 12.3 Å². The van der Waals surface area contributed by atoms with Crippen molar-refractivity contribution in [3.8, 4) is 44.5 Å². The summed E-state index contributed by atoms with van der Waals surface area (Å²) < 4.78 is 0. The molecular formula is C37H25N. The minimum atomic E-state index is 0.233. The van der Waals surface area contributed by atoms with E-state index in [9.17, 15) is 0 Å². The molecule has 1 aliphatic heterocycles. The zero-order valence-electron chi connectivity index (χ0n) is 20.9. The molecule has 0 aromatic heterocycles. The van der Waals surface area contributed by atoms with E-state index in [-0.39, 0.29) is 6.04 Å². The quantitative estimate of drug-likeness (QED) is 0.264. The molecule has 0 amide bonds. The summed E-state index contributed by atoms with van der Waals surface area (Å²) in [4.78, 5) is 0. The molecule has 2 aliphatic rings. The largest absolute Gasteiger partial charge is 0.381 e. The monoisotopic (exact) mass is 483 g/mol. The summed E-state index contributed by atoms with van der Waals surface area (Å²) in [6.45, 7) is 0. The van der Waals surface area contributed by atoms with E-state index in [0.717, 1.165) is 0 Å². The molecule has 0 saturated carbocycles. The van der Waals surface area contributed by atoms with Gasteiger partial charge in [0.15, 0.2) is 0 Å². The van der Waals surface area contributed by atoms with Gasteiger partial charge in [-0.3, -0.25) is 0 Å². The van der Waals surface area contributed by atoms with Gasteiger partial charge in [-0.2, -0.15) is 0 Å². The molecular weight excluding hydrogens is 458 g/mol. The minimum Gasteiger partial charge on any atom is -0.381 e. The number of nitrogens with one attached hydrogen (secondary N) is 1. The van der Waals surface area contributed by atoms with Crippen molar-refractivity contribution in [1.82, 2.24) is 5.32 Å². The first-order valence-corrected chi connectivity index (χ1v) is 13.2. The number of fused-ring (bicyclic) bond motifs is 4. The van der Waals surface area contributed by atoms with Crippen LogP contribution >= 0.6 is 0 Å². The van der Waals surface area contributed by atoms with Gasteiger partial charge in [0.1, 0.15) is 0 Å². The number of hydrogen-bond acceptors (Lipinski definition) is 1. The van der Waals surface area contributed by atoms with E-state index < -0.39 is 0 Å². The summed E-state index contributed by atoms with van der Waals surface area (Å²) in [5.74, 6) is 0. The summed E-state index contributed by atoms with van der Waals surface area (Å²) in [6.07, 6.45) is 8.32. The second kappa shape index (κ2) is 8.33. The van der Waals surface area contributed by atoms with E-state index in [1.165, 1.54) is 71.6 Å². The van der Waals surface area contributed by atoms with Gasteiger partial charge in [0, 0.05) is 0 Å². The second-order valence-electron chi connectivity index (χ2n) is 10.2. The van der Waals surface area contributed by atoms with Gasteiger partial charge in [-0.15, -0.1) is 0 Å². The Kier molecular flexibility index (Phi) is 4.65. The summed E-state index contributed by atoms with van der Waals surface area (Å²) in [5, 5.41) is 8.64. The fourth-order valence-electron chi connectivity index (χ4n) is 6.19. The van der Waals surface area contributed by atoms with Gasteiger partial charge >= 0.3 is 0 Å². The average Bonchev–Trinajstić information content (AvgIpc) is 3.33. The van der Waals surface area contributed by atoms with Crippen LogP contribution in [0.4, 0.5) is 0 Å². The van der Waals surface area contributed by atoms with E-state index in [1.54, 1.807) is 0 Å². The van der Waals surface area contributed by atoms with Crippen LogP contribution in [-0.4, -0.2) is 0 Å². The van der Waals surface area contributed by atoms with Gasteiger partial charge in [0.25, 0.3) is 0 Å².